The Balaban J connectivity index is 1.53. The zero-order valence-corrected chi connectivity index (χ0v) is 17.1. The van der Waals surface area contributed by atoms with Crippen molar-refractivity contribution in [2.24, 2.45) is 17.1 Å². The molecule has 4 rings (SSSR count). The van der Waals surface area contributed by atoms with Crippen LogP contribution in [0.3, 0.4) is 0 Å². The normalized spacial score (nSPS) is 23.2. The lowest BCUT2D eigenvalue weighted by molar-refractivity contribution is -0.119. The first-order chi connectivity index (χ1) is 14.0. The van der Waals surface area contributed by atoms with Crippen LogP contribution in [0.5, 0.6) is 5.75 Å². The number of amides is 1. The molecule has 0 radical (unpaired) electrons. The maximum Gasteiger partial charge on any atom is 0.282 e. The van der Waals surface area contributed by atoms with Gasteiger partial charge in [0.15, 0.2) is 15.6 Å². The molecular weight excluding hydrogens is 420 g/mol. The summed E-state index contributed by atoms with van der Waals surface area (Å²) in [6.45, 7) is -0.457. The summed E-state index contributed by atoms with van der Waals surface area (Å²) in [4.78, 5) is 29.7. The highest BCUT2D eigenvalue weighted by molar-refractivity contribution is 7.92. The predicted molar refractivity (Wildman–Crippen MR) is 103 cm³/mol. The molecule has 2 saturated heterocycles. The van der Waals surface area contributed by atoms with Crippen LogP contribution in [0.15, 0.2) is 12.3 Å². The molecular formula is C19H23F2N3O5S. The molecule has 0 spiro atoms. The van der Waals surface area contributed by atoms with Crippen molar-refractivity contribution in [2.75, 3.05) is 36.1 Å². The third-order valence-corrected chi connectivity index (χ3v) is 7.73. The second-order valence-corrected chi connectivity index (χ2v) is 10.8. The average molecular weight is 443 g/mol. The van der Waals surface area contributed by atoms with E-state index in [1.807, 2.05) is 0 Å². The summed E-state index contributed by atoms with van der Waals surface area (Å²) in [5.74, 6) is -3.71. The number of carbonyl (C=O) groups excluding carboxylic acids is 2. The van der Waals surface area contributed by atoms with Crippen LogP contribution in [-0.4, -0.2) is 62.2 Å². The van der Waals surface area contributed by atoms with Gasteiger partial charge in [-0.05, 0) is 18.8 Å². The van der Waals surface area contributed by atoms with Crippen LogP contribution in [0.25, 0.3) is 0 Å². The first kappa shape index (κ1) is 21.0. The maximum atomic E-state index is 13.3. The number of primary amides is 1. The fourth-order valence-electron chi connectivity index (χ4n) is 4.07. The second-order valence-electron chi connectivity index (χ2n) is 8.78. The molecule has 3 aliphatic rings. The topological polar surface area (TPSA) is 120 Å². The van der Waals surface area contributed by atoms with E-state index in [0.717, 1.165) is 12.8 Å². The van der Waals surface area contributed by atoms with E-state index < -0.39 is 46.0 Å². The van der Waals surface area contributed by atoms with Gasteiger partial charge in [-0.25, -0.2) is 17.2 Å². The molecule has 0 bridgehead atoms. The minimum atomic E-state index is -3.29. The Bertz CT molecular complexity index is 974. The highest BCUT2D eigenvalue weighted by atomic mass is 32.2. The molecule has 1 amide bonds. The van der Waals surface area contributed by atoms with Crippen LogP contribution in [0, 0.1) is 11.3 Å². The summed E-state index contributed by atoms with van der Waals surface area (Å²) in [5, 5.41) is 0. The summed E-state index contributed by atoms with van der Waals surface area (Å²) in [6, 6.07) is 1.42. The molecule has 0 aromatic carbocycles. The van der Waals surface area contributed by atoms with Gasteiger partial charge in [-0.15, -0.1) is 0 Å². The number of carbonyl (C=O) groups is 2. The zero-order chi connectivity index (χ0) is 21.7. The van der Waals surface area contributed by atoms with Gasteiger partial charge in [0.05, 0.1) is 43.1 Å². The Hall–Kier alpha value is -2.30. The Kier molecular flexibility index (Phi) is 4.99. The van der Waals surface area contributed by atoms with Crippen molar-refractivity contribution in [3.63, 3.8) is 0 Å². The molecule has 3 fully saturated rings. The summed E-state index contributed by atoms with van der Waals surface area (Å²) >= 11 is 0. The Labute approximate surface area is 172 Å². The summed E-state index contributed by atoms with van der Waals surface area (Å²) in [5.41, 5.74) is 4.67. The summed E-state index contributed by atoms with van der Waals surface area (Å²) < 4.78 is 55.7. The SMILES string of the molecule is NC(=O)CC1(CC(=O)c2cc(OCC3CC3)c(N3CC(F)(F)C3)cn2)CS(=O)(=O)C1. The molecule has 11 heteroatoms. The van der Waals surface area contributed by atoms with E-state index in [1.54, 1.807) is 0 Å². The van der Waals surface area contributed by atoms with E-state index in [2.05, 4.69) is 4.98 Å². The number of hydrogen-bond donors (Lipinski definition) is 1. The monoisotopic (exact) mass is 443 g/mol. The second kappa shape index (κ2) is 7.14. The summed E-state index contributed by atoms with van der Waals surface area (Å²) in [7, 11) is -3.29. The van der Waals surface area contributed by atoms with Crippen LogP contribution in [-0.2, 0) is 14.6 Å². The van der Waals surface area contributed by atoms with Crippen molar-refractivity contribution in [2.45, 2.75) is 31.6 Å². The number of sulfone groups is 1. The Morgan fingerprint density at radius 3 is 2.43 bits per heavy atom. The quantitative estimate of drug-likeness (QED) is 0.569. The van der Waals surface area contributed by atoms with Crippen molar-refractivity contribution in [3.8, 4) is 5.75 Å². The third kappa shape index (κ3) is 4.55. The largest absolute Gasteiger partial charge is 0.491 e. The van der Waals surface area contributed by atoms with E-state index in [9.17, 15) is 26.8 Å². The number of nitrogens with two attached hydrogens (primary N) is 1. The molecule has 1 aliphatic carbocycles. The van der Waals surface area contributed by atoms with Gasteiger partial charge in [0.1, 0.15) is 11.4 Å². The van der Waals surface area contributed by atoms with E-state index >= 15 is 0 Å². The highest BCUT2D eigenvalue weighted by Crippen LogP contribution is 2.42. The molecule has 164 valence electrons. The van der Waals surface area contributed by atoms with Gasteiger partial charge in [-0.1, -0.05) is 0 Å². The van der Waals surface area contributed by atoms with Crippen LogP contribution < -0.4 is 15.4 Å². The first-order valence-corrected chi connectivity index (χ1v) is 11.6. The molecule has 0 unspecified atom stereocenters. The number of hydrogen-bond acceptors (Lipinski definition) is 7. The van der Waals surface area contributed by atoms with Crippen LogP contribution in [0.4, 0.5) is 14.5 Å². The molecule has 2 aliphatic heterocycles. The van der Waals surface area contributed by atoms with Gasteiger partial charge < -0.3 is 15.4 Å². The molecule has 3 heterocycles. The molecule has 0 atom stereocenters. The molecule has 1 aromatic rings. The number of Topliss-reactive ketones (excluding diaryl/α,β-unsaturated/α-hetero) is 1. The Morgan fingerprint density at radius 1 is 1.23 bits per heavy atom. The number of ether oxygens (including phenoxy) is 1. The number of aromatic nitrogens is 1. The number of anilines is 1. The number of rotatable bonds is 9. The van der Waals surface area contributed by atoms with Gasteiger partial charge in [-0.2, -0.15) is 0 Å². The van der Waals surface area contributed by atoms with E-state index in [1.165, 1.54) is 17.2 Å². The van der Waals surface area contributed by atoms with E-state index in [0.29, 0.717) is 24.0 Å². The van der Waals surface area contributed by atoms with Gasteiger partial charge in [0, 0.05) is 24.3 Å². The minimum Gasteiger partial charge on any atom is -0.491 e. The van der Waals surface area contributed by atoms with E-state index in [-0.39, 0.29) is 30.0 Å². The van der Waals surface area contributed by atoms with Crippen LogP contribution in [0.1, 0.15) is 36.2 Å². The fourth-order valence-corrected chi connectivity index (χ4v) is 6.26. The van der Waals surface area contributed by atoms with Crippen LogP contribution >= 0.6 is 0 Å². The summed E-state index contributed by atoms with van der Waals surface area (Å²) in [6.07, 6.45) is 3.02. The number of nitrogens with zero attached hydrogens (tertiary/aromatic N) is 2. The molecule has 2 N–H and O–H groups in total. The number of alkyl halides is 2. The lowest BCUT2D eigenvalue weighted by Gasteiger charge is -2.41. The molecule has 30 heavy (non-hydrogen) atoms. The van der Waals surface area contributed by atoms with E-state index in [4.69, 9.17) is 10.5 Å². The maximum absolute atomic E-state index is 13.3. The zero-order valence-electron chi connectivity index (χ0n) is 16.3. The molecule has 8 nitrogen and oxygen atoms in total. The van der Waals surface area contributed by atoms with Gasteiger partial charge in [0.2, 0.25) is 5.91 Å². The van der Waals surface area contributed by atoms with Gasteiger partial charge >= 0.3 is 0 Å². The van der Waals surface area contributed by atoms with Crippen molar-refractivity contribution >= 4 is 27.2 Å². The molecule has 1 aromatic heterocycles. The predicted octanol–water partition coefficient (Wildman–Crippen LogP) is 1.19. The van der Waals surface area contributed by atoms with Crippen molar-refractivity contribution in [1.29, 1.82) is 0 Å². The number of halogens is 2. The smallest absolute Gasteiger partial charge is 0.282 e. The van der Waals surface area contributed by atoms with Gasteiger partial charge in [0.25, 0.3) is 5.92 Å². The van der Waals surface area contributed by atoms with Crippen molar-refractivity contribution in [3.05, 3.63) is 18.0 Å². The Morgan fingerprint density at radius 2 is 1.90 bits per heavy atom. The van der Waals surface area contributed by atoms with Crippen LogP contribution in [0.2, 0.25) is 0 Å². The lowest BCUT2D eigenvalue weighted by atomic mass is 9.81. The number of ketones is 1. The fraction of sp³-hybridized carbons (Fsp3) is 0.632. The standard InChI is InChI=1S/C19H23F2N3O5S/c20-19(21)8-24(9-19)14-6-23-13(3-16(14)29-7-12-1-2-12)15(25)4-18(5-17(22)26)10-30(27,28)11-18/h3,6,12H,1-2,4-5,7-11H2,(H2,22,26). The highest BCUT2D eigenvalue weighted by Gasteiger charge is 2.50. The third-order valence-electron chi connectivity index (χ3n) is 5.63. The van der Waals surface area contributed by atoms with Crippen molar-refractivity contribution < 1.29 is 31.5 Å². The average Bonchev–Trinajstić information content (AvgIpc) is 3.39. The number of pyridine rings is 1. The minimum absolute atomic E-state index is 0.0463. The lowest BCUT2D eigenvalue weighted by Crippen LogP contribution is -2.56. The molecule has 1 saturated carbocycles. The van der Waals surface area contributed by atoms with Crippen molar-refractivity contribution in [1.82, 2.24) is 4.98 Å². The first-order valence-electron chi connectivity index (χ1n) is 9.74. The van der Waals surface area contributed by atoms with Gasteiger partial charge in [-0.3, -0.25) is 14.6 Å².